The molecule has 3 aromatic carbocycles. The third-order valence-electron chi connectivity index (χ3n) is 4.50. The highest BCUT2D eigenvalue weighted by Crippen LogP contribution is 2.29. The van der Waals surface area contributed by atoms with Crippen molar-refractivity contribution in [2.45, 2.75) is 20.3 Å². The molecule has 3 rings (SSSR count). The van der Waals surface area contributed by atoms with E-state index < -0.39 is 5.97 Å². The van der Waals surface area contributed by atoms with Gasteiger partial charge in [-0.25, -0.2) is 10.2 Å². The molecule has 176 valence electrons. The van der Waals surface area contributed by atoms with E-state index in [1.807, 2.05) is 19.9 Å². The second-order valence-electron chi connectivity index (χ2n) is 7.11. The van der Waals surface area contributed by atoms with Crippen molar-refractivity contribution in [3.63, 3.8) is 0 Å². The van der Waals surface area contributed by atoms with Crippen molar-refractivity contribution >= 4 is 34.0 Å². The molecule has 7 nitrogen and oxygen atoms in total. The minimum Gasteiger partial charge on any atom is -0.494 e. The summed E-state index contributed by atoms with van der Waals surface area (Å²) in [4.78, 5) is 24.8. The number of hydrazone groups is 1. The van der Waals surface area contributed by atoms with E-state index in [9.17, 15) is 9.59 Å². The molecule has 0 aliphatic rings. The van der Waals surface area contributed by atoms with Crippen LogP contribution in [-0.2, 0) is 0 Å². The number of ether oxygens (including phenoxy) is 3. The SMILES string of the molecule is CCCOc1ccc(C(=O)Oc2ccc(/C=N/NC(=O)c3cccc(Br)c3)cc2OCC)cc1. The first kappa shape index (κ1) is 25.0. The summed E-state index contributed by atoms with van der Waals surface area (Å²) in [5, 5.41) is 4.00. The van der Waals surface area contributed by atoms with E-state index in [2.05, 4.69) is 26.5 Å². The van der Waals surface area contributed by atoms with E-state index in [0.717, 1.165) is 10.9 Å². The summed E-state index contributed by atoms with van der Waals surface area (Å²) in [6.07, 6.45) is 2.39. The Labute approximate surface area is 206 Å². The second kappa shape index (κ2) is 12.6. The van der Waals surface area contributed by atoms with Gasteiger partial charge in [0.15, 0.2) is 11.5 Å². The lowest BCUT2D eigenvalue weighted by Crippen LogP contribution is -2.17. The zero-order chi connectivity index (χ0) is 24.3. The number of hydrogen-bond acceptors (Lipinski definition) is 6. The maximum Gasteiger partial charge on any atom is 0.343 e. The molecule has 0 heterocycles. The van der Waals surface area contributed by atoms with Crippen LogP contribution >= 0.6 is 15.9 Å². The Morgan fingerprint density at radius 3 is 2.44 bits per heavy atom. The Morgan fingerprint density at radius 2 is 1.74 bits per heavy atom. The Balaban J connectivity index is 1.66. The summed E-state index contributed by atoms with van der Waals surface area (Å²) in [6, 6.07) is 18.8. The Kier molecular flexibility index (Phi) is 9.22. The fourth-order valence-corrected chi connectivity index (χ4v) is 3.28. The lowest BCUT2D eigenvalue weighted by atomic mass is 10.2. The van der Waals surface area contributed by atoms with E-state index in [1.165, 1.54) is 6.21 Å². The van der Waals surface area contributed by atoms with Gasteiger partial charge in [0.1, 0.15) is 5.75 Å². The molecule has 0 bridgehead atoms. The fourth-order valence-electron chi connectivity index (χ4n) is 2.88. The van der Waals surface area contributed by atoms with Crippen LogP contribution in [-0.4, -0.2) is 31.3 Å². The first-order valence-corrected chi connectivity index (χ1v) is 11.6. The van der Waals surface area contributed by atoms with Crippen molar-refractivity contribution in [2.24, 2.45) is 5.10 Å². The normalized spacial score (nSPS) is 10.7. The number of amides is 1. The van der Waals surface area contributed by atoms with Crippen LogP contribution in [0.1, 0.15) is 46.5 Å². The van der Waals surface area contributed by atoms with Crippen LogP contribution in [0.4, 0.5) is 0 Å². The summed E-state index contributed by atoms with van der Waals surface area (Å²) >= 11 is 3.33. The second-order valence-corrected chi connectivity index (χ2v) is 8.03. The highest BCUT2D eigenvalue weighted by molar-refractivity contribution is 9.10. The van der Waals surface area contributed by atoms with Crippen LogP contribution in [0.3, 0.4) is 0 Å². The van der Waals surface area contributed by atoms with Crippen LogP contribution in [0.15, 0.2) is 76.3 Å². The van der Waals surface area contributed by atoms with Gasteiger partial charge in [-0.1, -0.05) is 28.9 Å². The number of nitrogens with one attached hydrogen (secondary N) is 1. The Hall–Kier alpha value is -3.65. The molecule has 0 saturated heterocycles. The standard InChI is InChI=1S/C26H25BrN2O5/c1-3-14-33-22-11-9-19(10-12-22)26(31)34-23-13-8-18(15-24(23)32-4-2)17-28-29-25(30)20-6-5-7-21(27)16-20/h5-13,15-17H,3-4,14H2,1-2H3,(H,29,30)/b28-17+. The molecule has 0 radical (unpaired) electrons. The molecule has 0 fully saturated rings. The smallest absolute Gasteiger partial charge is 0.343 e. The van der Waals surface area contributed by atoms with E-state index in [-0.39, 0.29) is 11.7 Å². The Bertz CT molecular complexity index is 1160. The molecule has 1 N–H and O–H groups in total. The van der Waals surface area contributed by atoms with Gasteiger partial charge in [-0.2, -0.15) is 5.10 Å². The quantitative estimate of drug-likeness (QED) is 0.161. The number of carbonyl (C=O) groups is 2. The summed E-state index contributed by atoms with van der Waals surface area (Å²) in [6.45, 7) is 4.86. The number of nitrogens with zero attached hydrogens (tertiary/aromatic N) is 1. The molecule has 0 saturated carbocycles. The number of carbonyl (C=O) groups excluding carboxylic acids is 2. The van der Waals surface area contributed by atoms with Crippen molar-refractivity contribution in [1.82, 2.24) is 5.43 Å². The summed E-state index contributed by atoms with van der Waals surface area (Å²) in [5.74, 6) is 0.531. The molecular weight excluding hydrogens is 500 g/mol. The summed E-state index contributed by atoms with van der Waals surface area (Å²) in [5.41, 5.74) is 4.02. The van der Waals surface area contributed by atoms with Gasteiger partial charge in [0.25, 0.3) is 5.91 Å². The third kappa shape index (κ3) is 7.18. The predicted octanol–water partition coefficient (Wildman–Crippen LogP) is 5.62. The zero-order valence-electron chi connectivity index (χ0n) is 18.9. The summed E-state index contributed by atoms with van der Waals surface area (Å²) in [7, 11) is 0. The minimum atomic E-state index is -0.509. The largest absolute Gasteiger partial charge is 0.494 e. The molecule has 1 amide bonds. The number of rotatable bonds is 10. The number of halogens is 1. The van der Waals surface area contributed by atoms with Gasteiger partial charge in [0.2, 0.25) is 0 Å². The van der Waals surface area contributed by atoms with Crippen molar-refractivity contribution in [1.29, 1.82) is 0 Å². The van der Waals surface area contributed by atoms with Crippen LogP contribution in [0, 0.1) is 0 Å². The van der Waals surface area contributed by atoms with Crippen LogP contribution in [0.2, 0.25) is 0 Å². The van der Waals surface area contributed by atoms with Crippen molar-refractivity contribution in [2.75, 3.05) is 13.2 Å². The van der Waals surface area contributed by atoms with Gasteiger partial charge in [0.05, 0.1) is 25.0 Å². The number of hydrogen-bond donors (Lipinski definition) is 1. The molecule has 34 heavy (non-hydrogen) atoms. The highest BCUT2D eigenvalue weighted by Gasteiger charge is 2.13. The summed E-state index contributed by atoms with van der Waals surface area (Å²) < 4.78 is 17.5. The molecule has 0 aliphatic heterocycles. The van der Waals surface area contributed by atoms with Gasteiger partial charge < -0.3 is 14.2 Å². The van der Waals surface area contributed by atoms with Crippen molar-refractivity contribution in [3.8, 4) is 17.2 Å². The van der Waals surface area contributed by atoms with Crippen LogP contribution < -0.4 is 19.6 Å². The molecule has 0 aromatic heterocycles. The first-order chi connectivity index (χ1) is 16.5. The van der Waals surface area contributed by atoms with E-state index in [1.54, 1.807) is 60.7 Å². The Morgan fingerprint density at radius 1 is 0.941 bits per heavy atom. The minimum absolute atomic E-state index is 0.286. The average molecular weight is 525 g/mol. The van der Waals surface area contributed by atoms with Crippen LogP contribution in [0.5, 0.6) is 17.2 Å². The van der Waals surface area contributed by atoms with Gasteiger partial charge in [-0.05, 0) is 79.6 Å². The third-order valence-corrected chi connectivity index (χ3v) is 4.99. The molecule has 0 aliphatic carbocycles. The molecule has 8 heteroatoms. The molecule has 0 atom stereocenters. The first-order valence-electron chi connectivity index (χ1n) is 10.8. The number of esters is 1. The monoisotopic (exact) mass is 524 g/mol. The van der Waals surface area contributed by atoms with Gasteiger partial charge in [-0.15, -0.1) is 0 Å². The fraction of sp³-hybridized carbons (Fsp3) is 0.192. The lowest BCUT2D eigenvalue weighted by molar-refractivity contribution is 0.0728. The zero-order valence-corrected chi connectivity index (χ0v) is 20.5. The van der Waals surface area contributed by atoms with Crippen molar-refractivity contribution < 1.29 is 23.8 Å². The van der Waals surface area contributed by atoms with Gasteiger partial charge in [0, 0.05) is 10.0 Å². The van der Waals surface area contributed by atoms with E-state index in [4.69, 9.17) is 14.2 Å². The maximum absolute atomic E-state index is 12.6. The van der Waals surface area contributed by atoms with E-state index >= 15 is 0 Å². The molecule has 3 aromatic rings. The van der Waals surface area contributed by atoms with E-state index in [0.29, 0.717) is 41.4 Å². The van der Waals surface area contributed by atoms with Gasteiger partial charge >= 0.3 is 5.97 Å². The molecular formula is C26H25BrN2O5. The molecule has 0 unspecified atom stereocenters. The number of benzene rings is 3. The predicted molar refractivity (Wildman–Crippen MR) is 134 cm³/mol. The van der Waals surface area contributed by atoms with Crippen LogP contribution in [0.25, 0.3) is 0 Å². The topological polar surface area (TPSA) is 86.2 Å². The molecule has 0 spiro atoms. The maximum atomic E-state index is 12.6. The van der Waals surface area contributed by atoms with Crippen molar-refractivity contribution in [3.05, 3.63) is 87.9 Å². The van der Waals surface area contributed by atoms with Gasteiger partial charge in [-0.3, -0.25) is 4.79 Å². The highest BCUT2D eigenvalue weighted by atomic mass is 79.9. The lowest BCUT2D eigenvalue weighted by Gasteiger charge is -2.12. The average Bonchev–Trinajstić information content (AvgIpc) is 2.84.